The van der Waals surface area contributed by atoms with Crippen molar-refractivity contribution < 1.29 is 4.74 Å². The summed E-state index contributed by atoms with van der Waals surface area (Å²) in [5, 5.41) is 1.29. The van der Waals surface area contributed by atoms with Crippen LogP contribution in [0.5, 0.6) is 0 Å². The first-order chi connectivity index (χ1) is 7.29. The molecule has 0 spiro atoms. The lowest BCUT2D eigenvalue weighted by Gasteiger charge is -2.11. The van der Waals surface area contributed by atoms with E-state index in [-0.39, 0.29) is 0 Å². The maximum atomic E-state index is 5.49. The molecule has 2 N–H and O–H groups in total. The Morgan fingerprint density at radius 1 is 1.53 bits per heavy atom. The molecule has 2 unspecified atom stereocenters. The summed E-state index contributed by atoms with van der Waals surface area (Å²) in [6, 6.07) is 0. The summed E-state index contributed by atoms with van der Waals surface area (Å²) in [6.07, 6.45) is 4.95. The molecular weight excluding hydrogens is 210 g/mol. The van der Waals surface area contributed by atoms with Gasteiger partial charge in [0.15, 0.2) is 5.16 Å². The topological polar surface area (TPSA) is 61.0 Å². The van der Waals surface area contributed by atoms with Gasteiger partial charge in [0.25, 0.3) is 0 Å². The first-order valence-corrected chi connectivity index (χ1v) is 5.97. The van der Waals surface area contributed by atoms with Crippen LogP contribution in [-0.2, 0) is 11.3 Å². The number of nitrogens with zero attached hydrogens (tertiary/aromatic N) is 2. The molecule has 1 fully saturated rings. The summed E-state index contributed by atoms with van der Waals surface area (Å²) in [5.41, 5.74) is 6.45. The number of hydrogen-bond acceptors (Lipinski definition) is 5. The summed E-state index contributed by atoms with van der Waals surface area (Å²) >= 11 is 1.69. The molecule has 2 rings (SSSR count). The number of aromatic nitrogens is 2. The van der Waals surface area contributed by atoms with Crippen LogP contribution >= 0.6 is 11.8 Å². The van der Waals surface area contributed by atoms with Gasteiger partial charge in [-0.1, -0.05) is 11.8 Å². The normalized spacial score (nSPS) is 25.7. The lowest BCUT2D eigenvalue weighted by atomic mass is 10.3. The van der Waals surface area contributed by atoms with Crippen LogP contribution in [0.25, 0.3) is 0 Å². The van der Waals surface area contributed by atoms with Crippen molar-refractivity contribution in [3.8, 4) is 0 Å². The largest absolute Gasteiger partial charge is 0.377 e. The second-order valence-electron chi connectivity index (χ2n) is 3.60. The fourth-order valence-corrected chi connectivity index (χ4v) is 2.49. The van der Waals surface area contributed by atoms with Gasteiger partial charge in [-0.3, -0.25) is 0 Å². The van der Waals surface area contributed by atoms with Crippen molar-refractivity contribution in [3.05, 3.63) is 18.0 Å². The molecule has 0 aromatic carbocycles. The van der Waals surface area contributed by atoms with Gasteiger partial charge >= 0.3 is 0 Å². The Bertz CT molecular complexity index is 317. The van der Waals surface area contributed by atoms with Gasteiger partial charge in [-0.25, -0.2) is 9.97 Å². The van der Waals surface area contributed by atoms with Crippen molar-refractivity contribution in [3.63, 3.8) is 0 Å². The standard InChI is InChI=1S/C10H15N3OS/c1-7-9(2-3-14-7)15-10-12-5-8(4-11)6-13-10/h5-7,9H,2-4,11H2,1H3. The van der Waals surface area contributed by atoms with Gasteiger partial charge in [-0.2, -0.15) is 0 Å². The highest BCUT2D eigenvalue weighted by atomic mass is 32.2. The highest BCUT2D eigenvalue weighted by Crippen LogP contribution is 2.29. The minimum atomic E-state index is 0.299. The molecule has 4 nitrogen and oxygen atoms in total. The van der Waals surface area contributed by atoms with E-state index in [0.717, 1.165) is 23.7 Å². The molecule has 0 amide bonds. The van der Waals surface area contributed by atoms with E-state index in [1.165, 1.54) is 0 Å². The van der Waals surface area contributed by atoms with Crippen LogP contribution in [-0.4, -0.2) is 27.9 Å². The summed E-state index contributed by atoms with van der Waals surface area (Å²) < 4.78 is 5.49. The molecule has 1 aromatic rings. The molecule has 2 atom stereocenters. The van der Waals surface area contributed by atoms with Crippen LogP contribution in [0.3, 0.4) is 0 Å². The minimum absolute atomic E-state index is 0.299. The second kappa shape index (κ2) is 4.92. The van der Waals surface area contributed by atoms with E-state index in [1.54, 1.807) is 24.2 Å². The molecule has 2 heterocycles. The van der Waals surface area contributed by atoms with Crippen molar-refractivity contribution in [2.45, 2.75) is 36.4 Å². The van der Waals surface area contributed by atoms with Crippen molar-refractivity contribution >= 4 is 11.8 Å². The first-order valence-electron chi connectivity index (χ1n) is 5.09. The summed E-state index contributed by atoms with van der Waals surface area (Å²) in [5.74, 6) is 0. The van der Waals surface area contributed by atoms with Crippen LogP contribution in [0.4, 0.5) is 0 Å². The third-order valence-corrected chi connectivity index (χ3v) is 3.82. The lowest BCUT2D eigenvalue weighted by molar-refractivity contribution is 0.127. The molecule has 5 heteroatoms. The Hall–Kier alpha value is -0.650. The van der Waals surface area contributed by atoms with Gasteiger partial charge in [0, 0.05) is 36.4 Å². The highest BCUT2D eigenvalue weighted by Gasteiger charge is 2.25. The van der Waals surface area contributed by atoms with Crippen LogP contribution in [0.2, 0.25) is 0 Å². The van der Waals surface area contributed by atoms with Crippen molar-refractivity contribution in [1.29, 1.82) is 0 Å². The SMILES string of the molecule is CC1OCCC1Sc1ncc(CN)cn1. The molecule has 1 saturated heterocycles. The maximum absolute atomic E-state index is 5.49. The Morgan fingerprint density at radius 2 is 2.27 bits per heavy atom. The van der Waals surface area contributed by atoms with Gasteiger partial charge in [-0.05, 0) is 13.3 Å². The van der Waals surface area contributed by atoms with Crippen molar-refractivity contribution in [2.24, 2.45) is 5.73 Å². The van der Waals surface area contributed by atoms with E-state index < -0.39 is 0 Å². The quantitative estimate of drug-likeness (QED) is 0.783. The first kappa shape index (κ1) is 10.9. The second-order valence-corrected chi connectivity index (χ2v) is 4.81. The highest BCUT2D eigenvalue weighted by molar-refractivity contribution is 7.99. The summed E-state index contributed by atoms with van der Waals surface area (Å²) in [7, 11) is 0. The van der Waals surface area contributed by atoms with Gasteiger partial charge < -0.3 is 10.5 Å². The molecule has 1 aromatic heterocycles. The smallest absolute Gasteiger partial charge is 0.187 e. The predicted octanol–water partition coefficient (Wildman–Crippen LogP) is 1.20. The third kappa shape index (κ3) is 2.68. The van der Waals surface area contributed by atoms with E-state index in [1.807, 2.05) is 0 Å². The van der Waals surface area contributed by atoms with Crippen LogP contribution in [0.1, 0.15) is 18.9 Å². The number of thioether (sulfide) groups is 1. The van der Waals surface area contributed by atoms with Gasteiger partial charge in [0.05, 0.1) is 6.10 Å². The Labute approximate surface area is 93.6 Å². The number of ether oxygens (including phenoxy) is 1. The number of rotatable bonds is 3. The van der Waals surface area contributed by atoms with E-state index >= 15 is 0 Å². The zero-order valence-electron chi connectivity index (χ0n) is 8.72. The minimum Gasteiger partial charge on any atom is -0.377 e. The molecular formula is C10H15N3OS. The molecule has 82 valence electrons. The van der Waals surface area contributed by atoms with E-state index in [2.05, 4.69) is 16.9 Å². The van der Waals surface area contributed by atoms with E-state index in [4.69, 9.17) is 10.5 Å². The van der Waals surface area contributed by atoms with E-state index in [0.29, 0.717) is 17.9 Å². The molecule has 0 aliphatic carbocycles. The van der Waals surface area contributed by atoms with Crippen LogP contribution in [0.15, 0.2) is 17.6 Å². The third-order valence-electron chi connectivity index (χ3n) is 2.48. The van der Waals surface area contributed by atoms with Gasteiger partial charge in [0.1, 0.15) is 0 Å². The summed E-state index contributed by atoms with van der Waals surface area (Å²) in [4.78, 5) is 8.53. The molecule has 1 aliphatic heterocycles. The number of hydrogen-bond donors (Lipinski definition) is 1. The van der Waals surface area contributed by atoms with Crippen LogP contribution < -0.4 is 5.73 Å². The van der Waals surface area contributed by atoms with Gasteiger partial charge in [-0.15, -0.1) is 0 Å². The van der Waals surface area contributed by atoms with Gasteiger partial charge in [0.2, 0.25) is 0 Å². The molecule has 0 radical (unpaired) electrons. The Morgan fingerprint density at radius 3 is 2.80 bits per heavy atom. The molecule has 0 bridgehead atoms. The lowest BCUT2D eigenvalue weighted by Crippen LogP contribution is -2.13. The molecule has 1 aliphatic rings. The molecule has 15 heavy (non-hydrogen) atoms. The average molecular weight is 225 g/mol. The predicted molar refractivity (Wildman–Crippen MR) is 59.6 cm³/mol. The molecule has 0 saturated carbocycles. The zero-order chi connectivity index (χ0) is 10.7. The zero-order valence-corrected chi connectivity index (χ0v) is 9.54. The number of nitrogens with two attached hydrogens (primary N) is 1. The fraction of sp³-hybridized carbons (Fsp3) is 0.600. The monoisotopic (exact) mass is 225 g/mol. The average Bonchev–Trinajstić information content (AvgIpc) is 2.66. The Kier molecular flexibility index (Phi) is 3.56. The summed E-state index contributed by atoms with van der Waals surface area (Å²) in [6.45, 7) is 3.44. The fourth-order valence-electron chi connectivity index (χ4n) is 1.51. The maximum Gasteiger partial charge on any atom is 0.187 e. The van der Waals surface area contributed by atoms with Crippen molar-refractivity contribution in [1.82, 2.24) is 9.97 Å². The van der Waals surface area contributed by atoms with Crippen molar-refractivity contribution in [2.75, 3.05) is 6.61 Å². The Balaban J connectivity index is 1.98. The van der Waals surface area contributed by atoms with Crippen LogP contribution in [0, 0.1) is 0 Å². The van der Waals surface area contributed by atoms with E-state index in [9.17, 15) is 0 Å².